The zero-order chi connectivity index (χ0) is 14.7. The van der Waals surface area contributed by atoms with Crippen molar-refractivity contribution < 1.29 is 9.53 Å². The van der Waals surface area contributed by atoms with Gasteiger partial charge in [0.2, 0.25) is 5.91 Å². The van der Waals surface area contributed by atoms with Crippen molar-refractivity contribution in [1.29, 1.82) is 5.26 Å². The third-order valence-corrected chi connectivity index (χ3v) is 3.19. The molecule has 20 heavy (non-hydrogen) atoms. The second-order valence-electron chi connectivity index (χ2n) is 4.43. The minimum atomic E-state index is -0.787. The van der Waals surface area contributed by atoms with Crippen molar-refractivity contribution in [1.82, 2.24) is 14.5 Å². The summed E-state index contributed by atoms with van der Waals surface area (Å²) in [5, 5.41) is 8.81. The third-order valence-electron chi connectivity index (χ3n) is 3.19. The average Bonchev–Trinajstić information content (AvgIpc) is 2.47. The Morgan fingerprint density at radius 2 is 2.10 bits per heavy atom. The van der Waals surface area contributed by atoms with Crippen LogP contribution in [0.2, 0.25) is 0 Å². The average molecular weight is 278 g/mol. The van der Waals surface area contributed by atoms with Crippen molar-refractivity contribution in [2.24, 2.45) is 0 Å². The van der Waals surface area contributed by atoms with Crippen LogP contribution in [0, 0.1) is 11.3 Å². The van der Waals surface area contributed by atoms with E-state index in [2.05, 4.69) is 0 Å². The van der Waals surface area contributed by atoms with E-state index in [0.29, 0.717) is 26.3 Å². The molecule has 1 N–H and O–H groups in total. The molecule has 2 heterocycles. The normalized spacial score (nSPS) is 16.5. The summed E-state index contributed by atoms with van der Waals surface area (Å²) in [6.07, 6.45) is 1.12. The van der Waals surface area contributed by atoms with Gasteiger partial charge in [-0.15, -0.1) is 0 Å². The Bertz CT molecular complexity index is 663. The summed E-state index contributed by atoms with van der Waals surface area (Å²) in [6, 6.07) is 0.900. The van der Waals surface area contributed by atoms with E-state index in [9.17, 15) is 14.4 Å². The zero-order valence-electron chi connectivity index (χ0n) is 11.0. The van der Waals surface area contributed by atoms with Gasteiger partial charge in [0, 0.05) is 19.3 Å². The number of nitrogens with one attached hydrogen (secondary N) is 1. The van der Waals surface area contributed by atoms with Crippen LogP contribution in [0.5, 0.6) is 0 Å². The Labute approximate surface area is 114 Å². The fraction of sp³-hybridized carbons (Fsp3) is 0.500. The van der Waals surface area contributed by atoms with Gasteiger partial charge in [0.1, 0.15) is 17.7 Å². The highest BCUT2D eigenvalue weighted by Gasteiger charge is 2.24. The second kappa shape index (κ2) is 5.71. The van der Waals surface area contributed by atoms with Crippen LogP contribution >= 0.6 is 0 Å². The third kappa shape index (κ3) is 2.62. The first-order chi connectivity index (χ1) is 9.54. The molecule has 0 aliphatic carbocycles. The van der Waals surface area contributed by atoms with E-state index in [1.54, 1.807) is 17.9 Å². The summed E-state index contributed by atoms with van der Waals surface area (Å²) >= 11 is 0. The fourth-order valence-corrected chi connectivity index (χ4v) is 2.02. The molecule has 1 unspecified atom stereocenters. The number of rotatable bonds is 2. The molecule has 0 aromatic carbocycles. The number of aromatic amines is 1. The predicted octanol–water partition coefficient (Wildman–Crippen LogP) is -1.17. The molecule has 106 valence electrons. The minimum Gasteiger partial charge on any atom is -0.378 e. The first-order valence-electron chi connectivity index (χ1n) is 6.16. The number of hydrogen-bond donors (Lipinski definition) is 1. The first kappa shape index (κ1) is 14.0. The van der Waals surface area contributed by atoms with Gasteiger partial charge in [-0.05, 0) is 6.92 Å². The monoisotopic (exact) mass is 278 g/mol. The summed E-state index contributed by atoms with van der Waals surface area (Å²) < 4.78 is 6.23. The lowest BCUT2D eigenvalue weighted by Gasteiger charge is -2.29. The fourth-order valence-electron chi connectivity index (χ4n) is 2.02. The molecular formula is C12H14N4O4. The molecule has 1 aliphatic rings. The van der Waals surface area contributed by atoms with Crippen LogP contribution in [-0.4, -0.2) is 46.7 Å². The van der Waals surface area contributed by atoms with Gasteiger partial charge in [0.15, 0.2) is 0 Å². The molecule has 1 saturated heterocycles. The smallest absolute Gasteiger partial charge is 0.329 e. The molecule has 1 aliphatic heterocycles. The Morgan fingerprint density at radius 3 is 2.70 bits per heavy atom. The molecule has 1 aromatic heterocycles. The Balaban J connectivity index is 2.31. The van der Waals surface area contributed by atoms with E-state index in [1.165, 1.54) is 0 Å². The van der Waals surface area contributed by atoms with Crippen LogP contribution in [0.3, 0.4) is 0 Å². The minimum absolute atomic E-state index is 0.203. The standard InChI is InChI=1S/C12H14N4O4/c1-8(11(18)15-2-4-20-5-3-15)16-7-9(6-13)10(17)14-12(16)19/h7-8H,2-5H2,1H3,(H,14,17,19). The topological polar surface area (TPSA) is 108 Å². The molecule has 1 aromatic rings. The van der Waals surface area contributed by atoms with Gasteiger partial charge in [-0.2, -0.15) is 5.26 Å². The van der Waals surface area contributed by atoms with E-state index >= 15 is 0 Å². The van der Waals surface area contributed by atoms with E-state index < -0.39 is 17.3 Å². The highest BCUT2D eigenvalue weighted by atomic mass is 16.5. The van der Waals surface area contributed by atoms with Crippen LogP contribution < -0.4 is 11.2 Å². The first-order valence-corrected chi connectivity index (χ1v) is 6.16. The molecule has 1 atom stereocenters. The maximum atomic E-state index is 12.3. The maximum Gasteiger partial charge on any atom is 0.329 e. The molecule has 8 heteroatoms. The number of hydrogen-bond acceptors (Lipinski definition) is 5. The number of morpholine rings is 1. The van der Waals surface area contributed by atoms with Crippen molar-refractivity contribution >= 4 is 5.91 Å². The number of H-pyrrole nitrogens is 1. The predicted molar refractivity (Wildman–Crippen MR) is 68.1 cm³/mol. The van der Waals surface area contributed by atoms with Crippen molar-refractivity contribution in [2.45, 2.75) is 13.0 Å². The summed E-state index contributed by atoms with van der Waals surface area (Å²) in [5.41, 5.74) is -1.66. The van der Waals surface area contributed by atoms with E-state index in [1.807, 2.05) is 4.98 Å². The van der Waals surface area contributed by atoms with E-state index in [4.69, 9.17) is 10.00 Å². The van der Waals surface area contributed by atoms with Crippen molar-refractivity contribution in [3.63, 3.8) is 0 Å². The van der Waals surface area contributed by atoms with Crippen molar-refractivity contribution in [3.8, 4) is 6.07 Å². The Kier molecular flexibility index (Phi) is 4.00. The number of carbonyl (C=O) groups excluding carboxylic acids is 1. The summed E-state index contributed by atoms with van der Waals surface area (Å²) in [7, 11) is 0. The van der Waals surface area contributed by atoms with Gasteiger partial charge in [0.05, 0.1) is 13.2 Å². The van der Waals surface area contributed by atoms with Gasteiger partial charge in [0.25, 0.3) is 5.56 Å². The number of carbonyl (C=O) groups is 1. The molecular weight excluding hydrogens is 264 g/mol. The van der Waals surface area contributed by atoms with Gasteiger partial charge in [-0.25, -0.2) is 4.79 Å². The summed E-state index contributed by atoms with van der Waals surface area (Å²) in [4.78, 5) is 39.0. The largest absolute Gasteiger partial charge is 0.378 e. The second-order valence-corrected chi connectivity index (χ2v) is 4.43. The number of ether oxygens (including phenoxy) is 1. The van der Waals surface area contributed by atoms with Gasteiger partial charge < -0.3 is 9.64 Å². The van der Waals surface area contributed by atoms with Gasteiger partial charge >= 0.3 is 5.69 Å². The molecule has 0 saturated carbocycles. The molecule has 0 bridgehead atoms. The number of nitrogens with zero attached hydrogens (tertiary/aromatic N) is 3. The van der Waals surface area contributed by atoms with E-state index in [0.717, 1.165) is 10.8 Å². The van der Waals surface area contributed by atoms with Gasteiger partial charge in [-0.1, -0.05) is 0 Å². The van der Waals surface area contributed by atoms with Crippen LogP contribution in [0.15, 0.2) is 15.8 Å². The lowest BCUT2D eigenvalue weighted by Crippen LogP contribution is -2.46. The Morgan fingerprint density at radius 1 is 1.45 bits per heavy atom. The summed E-state index contributed by atoms with van der Waals surface area (Å²) in [5.74, 6) is -0.244. The quantitative estimate of drug-likeness (QED) is 0.733. The zero-order valence-corrected chi connectivity index (χ0v) is 11.0. The maximum absolute atomic E-state index is 12.3. The lowest BCUT2D eigenvalue weighted by molar-refractivity contribution is -0.138. The highest BCUT2D eigenvalue weighted by molar-refractivity contribution is 5.80. The SMILES string of the molecule is CC(C(=O)N1CCOCC1)n1cc(C#N)c(=O)[nH]c1=O. The van der Waals surface area contributed by atoms with E-state index in [-0.39, 0.29) is 11.5 Å². The number of amides is 1. The van der Waals surface area contributed by atoms with Crippen LogP contribution in [0.1, 0.15) is 18.5 Å². The highest BCUT2D eigenvalue weighted by Crippen LogP contribution is 2.09. The molecule has 1 fully saturated rings. The number of nitriles is 1. The van der Waals surface area contributed by atoms with Crippen LogP contribution in [0.4, 0.5) is 0 Å². The Hall–Kier alpha value is -2.40. The van der Waals surface area contributed by atoms with Gasteiger partial charge in [-0.3, -0.25) is 19.1 Å². The van der Waals surface area contributed by atoms with Crippen molar-refractivity contribution in [2.75, 3.05) is 26.3 Å². The molecule has 2 rings (SSSR count). The molecule has 8 nitrogen and oxygen atoms in total. The molecule has 0 radical (unpaired) electrons. The summed E-state index contributed by atoms with van der Waals surface area (Å²) in [6.45, 7) is 3.41. The number of aromatic nitrogens is 2. The molecule has 1 amide bonds. The van der Waals surface area contributed by atoms with Crippen LogP contribution in [0.25, 0.3) is 0 Å². The van der Waals surface area contributed by atoms with Crippen molar-refractivity contribution in [3.05, 3.63) is 32.6 Å². The molecule has 0 spiro atoms. The van der Waals surface area contributed by atoms with Crippen LogP contribution in [-0.2, 0) is 9.53 Å². The lowest BCUT2D eigenvalue weighted by atomic mass is 10.2.